The second-order valence-corrected chi connectivity index (χ2v) is 7.40. The van der Waals surface area contributed by atoms with Gasteiger partial charge in [0.25, 0.3) is 0 Å². The van der Waals surface area contributed by atoms with Gasteiger partial charge in [0, 0.05) is 37.4 Å². The molecule has 2 heterocycles. The van der Waals surface area contributed by atoms with Gasteiger partial charge in [-0.3, -0.25) is 4.79 Å². The SMILES string of the molecule is O=C(CN1CCCOc2cc(F)ccc21)NC1CCN(c2ccccc2)CC1. The Morgan fingerprint density at radius 1 is 1.11 bits per heavy atom. The van der Waals surface area contributed by atoms with Crippen molar-refractivity contribution in [3.63, 3.8) is 0 Å². The van der Waals surface area contributed by atoms with Crippen LogP contribution in [0.1, 0.15) is 19.3 Å². The number of hydrogen-bond donors (Lipinski definition) is 1. The van der Waals surface area contributed by atoms with Crippen molar-refractivity contribution in [2.45, 2.75) is 25.3 Å². The lowest BCUT2D eigenvalue weighted by Gasteiger charge is -2.34. The van der Waals surface area contributed by atoms with Crippen molar-refractivity contribution < 1.29 is 13.9 Å². The Kier molecular flexibility index (Phi) is 5.65. The minimum absolute atomic E-state index is 0.00957. The number of nitrogens with zero attached hydrogens (tertiary/aromatic N) is 2. The van der Waals surface area contributed by atoms with Crippen LogP contribution in [0.25, 0.3) is 0 Å². The Labute approximate surface area is 165 Å². The number of ether oxygens (including phenoxy) is 1. The quantitative estimate of drug-likeness (QED) is 0.881. The Morgan fingerprint density at radius 2 is 1.89 bits per heavy atom. The summed E-state index contributed by atoms with van der Waals surface area (Å²) in [6.07, 6.45) is 2.68. The first-order chi connectivity index (χ1) is 13.7. The van der Waals surface area contributed by atoms with Crippen molar-refractivity contribution >= 4 is 17.3 Å². The number of piperidine rings is 1. The van der Waals surface area contributed by atoms with E-state index in [-0.39, 0.29) is 24.3 Å². The van der Waals surface area contributed by atoms with Crippen molar-refractivity contribution in [1.82, 2.24) is 5.32 Å². The van der Waals surface area contributed by atoms with Crippen molar-refractivity contribution in [3.8, 4) is 5.75 Å². The second-order valence-electron chi connectivity index (χ2n) is 7.40. The van der Waals surface area contributed by atoms with Crippen LogP contribution in [0.3, 0.4) is 0 Å². The molecule has 0 saturated carbocycles. The molecule has 1 N–H and O–H groups in total. The summed E-state index contributed by atoms with van der Waals surface area (Å²) >= 11 is 0. The Hall–Kier alpha value is -2.76. The fourth-order valence-electron chi connectivity index (χ4n) is 3.95. The highest BCUT2D eigenvalue weighted by atomic mass is 19.1. The fourth-order valence-corrected chi connectivity index (χ4v) is 3.95. The third-order valence-electron chi connectivity index (χ3n) is 5.41. The first-order valence-corrected chi connectivity index (χ1v) is 9.96. The van der Waals surface area contributed by atoms with E-state index < -0.39 is 0 Å². The van der Waals surface area contributed by atoms with Crippen LogP contribution in [0.4, 0.5) is 15.8 Å². The van der Waals surface area contributed by atoms with Gasteiger partial charge in [-0.1, -0.05) is 18.2 Å². The first kappa shape index (κ1) is 18.6. The number of hydrogen-bond acceptors (Lipinski definition) is 4. The van der Waals surface area contributed by atoms with Crippen LogP contribution >= 0.6 is 0 Å². The highest BCUT2D eigenvalue weighted by Crippen LogP contribution is 2.31. The number of fused-ring (bicyclic) bond motifs is 1. The van der Waals surface area contributed by atoms with Crippen LogP contribution in [-0.2, 0) is 4.79 Å². The molecule has 0 bridgehead atoms. The smallest absolute Gasteiger partial charge is 0.239 e. The van der Waals surface area contributed by atoms with Crippen LogP contribution in [0.15, 0.2) is 48.5 Å². The highest BCUT2D eigenvalue weighted by Gasteiger charge is 2.23. The fraction of sp³-hybridized carbons (Fsp3) is 0.409. The summed E-state index contributed by atoms with van der Waals surface area (Å²) in [7, 11) is 0. The number of nitrogens with one attached hydrogen (secondary N) is 1. The molecule has 1 saturated heterocycles. The topological polar surface area (TPSA) is 44.8 Å². The van der Waals surface area contributed by atoms with E-state index in [4.69, 9.17) is 4.74 Å². The van der Waals surface area contributed by atoms with E-state index in [1.54, 1.807) is 6.07 Å². The number of halogens is 1. The Bertz CT molecular complexity index is 807. The molecule has 0 aromatic heterocycles. The van der Waals surface area contributed by atoms with Gasteiger partial charge in [0.05, 0.1) is 18.8 Å². The third-order valence-corrected chi connectivity index (χ3v) is 5.41. The average Bonchev–Trinajstić information content (AvgIpc) is 2.91. The number of carbonyl (C=O) groups excluding carboxylic acids is 1. The van der Waals surface area contributed by atoms with E-state index in [2.05, 4.69) is 34.5 Å². The molecule has 28 heavy (non-hydrogen) atoms. The molecule has 148 valence electrons. The Morgan fingerprint density at radius 3 is 2.68 bits per heavy atom. The zero-order valence-electron chi connectivity index (χ0n) is 15.9. The average molecular weight is 383 g/mol. The van der Waals surface area contributed by atoms with Crippen molar-refractivity contribution in [2.75, 3.05) is 42.6 Å². The predicted molar refractivity (Wildman–Crippen MR) is 109 cm³/mol. The number of rotatable bonds is 4. The van der Waals surface area contributed by atoms with E-state index in [1.165, 1.54) is 17.8 Å². The van der Waals surface area contributed by atoms with Gasteiger partial charge in [0.1, 0.15) is 11.6 Å². The number of carbonyl (C=O) groups is 1. The van der Waals surface area contributed by atoms with Gasteiger partial charge in [-0.2, -0.15) is 0 Å². The second kappa shape index (κ2) is 8.50. The van der Waals surface area contributed by atoms with Gasteiger partial charge in [-0.15, -0.1) is 0 Å². The van der Waals surface area contributed by atoms with Gasteiger partial charge in [-0.25, -0.2) is 4.39 Å². The van der Waals surface area contributed by atoms with Crippen molar-refractivity contribution in [1.29, 1.82) is 0 Å². The predicted octanol–water partition coefficient (Wildman–Crippen LogP) is 3.20. The molecule has 0 atom stereocenters. The molecule has 0 radical (unpaired) electrons. The third kappa shape index (κ3) is 4.38. The molecule has 1 fully saturated rings. The molecule has 0 spiro atoms. The lowest BCUT2D eigenvalue weighted by Crippen LogP contribution is -2.47. The van der Waals surface area contributed by atoms with E-state index in [0.717, 1.165) is 44.6 Å². The summed E-state index contributed by atoms with van der Waals surface area (Å²) in [6, 6.07) is 15.1. The molecule has 2 aliphatic heterocycles. The number of anilines is 2. The van der Waals surface area contributed by atoms with E-state index >= 15 is 0 Å². The minimum Gasteiger partial charge on any atom is -0.491 e. The van der Waals surface area contributed by atoms with Crippen LogP contribution in [0, 0.1) is 5.82 Å². The van der Waals surface area contributed by atoms with E-state index in [1.807, 2.05) is 11.0 Å². The molecule has 2 aromatic carbocycles. The van der Waals surface area contributed by atoms with E-state index in [0.29, 0.717) is 12.4 Å². The van der Waals surface area contributed by atoms with Crippen molar-refractivity contribution in [2.24, 2.45) is 0 Å². The molecule has 4 rings (SSSR count). The molecular weight excluding hydrogens is 357 g/mol. The summed E-state index contributed by atoms with van der Waals surface area (Å²) in [5.74, 6) is 0.201. The lowest BCUT2D eigenvalue weighted by atomic mass is 10.0. The van der Waals surface area contributed by atoms with Crippen LogP contribution in [0.2, 0.25) is 0 Å². The molecular formula is C22H26FN3O2. The largest absolute Gasteiger partial charge is 0.491 e. The zero-order chi connectivity index (χ0) is 19.3. The normalized spacial score (nSPS) is 17.5. The standard InChI is InChI=1S/C22H26FN3O2/c23-17-7-8-20-21(15-17)28-14-4-11-26(20)16-22(27)24-18-9-12-25(13-10-18)19-5-2-1-3-6-19/h1-3,5-8,15,18H,4,9-14,16H2,(H,24,27). The summed E-state index contributed by atoms with van der Waals surface area (Å²) in [6.45, 7) is 3.40. The van der Waals surface area contributed by atoms with Gasteiger partial charge < -0.3 is 19.9 Å². The number of benzene rings is 2. The molecule has 2 aromatic rings. The van der Waals surface area contributed by atoms with Gasteiger partial charge in [-0.05, 0) is 43.5 Å². The van der Waals surface area contributed by atoms with Gasteiger partial charge in [0.15, 0.2) is 0 Å². The van der Waals surface area contributed by atoms with Gasteiger partial charge >= 0.3 is 0 Å². The van der Waals surface area contributed by atoms with E-state index in [9.17, 15) is 9.18 Å². The van der Waals surface area contributed by atoms with Gasteiger partial charge in [0.2, 0.25) is 5.91 Å². The molecule has 2 aliphatic rings. The summed E-state index contributed by atoms with van der Waals surface area (Å²) in [5.41, 5.74) is 2.02. The molecule has 0 aliphatic carbocycles. The Balaban J connectivity index is 1.32. The molecule has 5 nitrogen and oxygen atoms in total. The summed E-state index contributed by atoms with van der Waals surface area (Å²) in [4.78, 5) is 17.0. The number of para-hydroxylation sites is 1. The molecule has 1 amide bonds. The number of amides is 1. The van der Waals surface area contributed by atoms with Crippen LogP contribution in [0.5, 0.6) is 5.75 Å². The molecule has 0 unspecified atom stereocenters. The maximum atomic E-state index is 13.5. The van der Waals surface area contributed by atoms with Crippen molar-refractivity contribution in [3.05, 3.63) is 54.3 Å². The highest BCUT2D eigenvalue weighted by molar-refractivity contribution is 5.82. The zero-order valence-corrected chi connectivity index (χ0v) is 15.9. The monoisotopic (exact) mass is 383 g/mol. The summed E-state index contributed by atoms with van der Waals surface area (Å²) in [5, 5.41) is 3.18. The molecule has 6 heteroatoms. The first-order valence-electron chi connectivity index (χ1n) is 9.96. The lowest BCUT2D eigenvalue weighted by molar-refractivity contribution is -0.120. The minimum atomic E-state index is -0.324. The van der Waals surface area contributed by atoms with Crippen LogP contribution in [-0.4, -0.2) is 44.7 Å². The maximum Gasteiger partial charge on any atom is 0.239 e. The maximum absolute atomic E-state index is 13.5. The van der Waals surface area contributed by atoms with Crippen LogP contribution < -0.4 is 19.9 Å². The summed E-state index contributed by atoms with van der Waals surface area (Å²) < 4.78 is 19.1.